The first-order valence-electron chi connectivity index (χ1n) is 2.85. The van der Waals surface area contributed by atoms with Crippen LogP contribution in [0.1, 0.15) is 0 Å². The molecular weight excluding hydrogens is 211 g/mol. The van der Waals surface area contributed by atoms with Crippen LogP contribution >= 0.6 is 0 Å². The van der Waals surface area contributed by atoms with Crippen molar-refractivity contribution >= 4 is 18.5 Å². The molecule has 60 valence electrons. The van der Waals surface area contributed by atoms with Gasteiger partial charge in [-0.2, -0.15) is 0 Å². The first kappa shape index (κ1) is 8.40. The number of phenols is 1. The summed E-state index contributed by atoms with van der Waals surface area (Å²) in [5.41, 5.74) is 0. The first-order chi connectivity index (χ1) is 5.00. The predicted molar refractivity (Wildman–Crippen MR) is 38.6 cm³/mol. The van der Waals surface area contributed by atoms with Gasteiger partial charge < -0.3 is 0 Å². The fourth-order valence-corrected chi connectivity index (χ4v) is 1.77. The number of phenolic OH excluding ortho intramolecular Hbond substituents is 1. The van der Waals surface area contributed by atoms with Crippen LogP contribution in [0.25, 0.3) is 0 Å². The van der Waals surface area contributed by atoms with Gasteiger partial charge in [-0.1, -0.05) is 0 Å². The number of benzene rings is 1. The molecule has 1 rings (SSSR count). The summed E-state index contributed by atoms with van der Waals surface area (Å²) >= 11 is -4.74. The van der Waals surface area contributed by atoms with Crippen molar-refractivity contribution in [3.05, 3.63) is 24.3 Å². The molecule has 0 fully saturated rings. The molecule has 0 bridgehead atoms. The Balaban J connectivity index is 3.09. The quantitative estimate of drug-likeness (QED) is 0.526. The molecule has 0 aromatic heterocycles. The number of hydrogen-bond acceptors (Lipinski definition) is 2. The van der Waals surface area contributed by atoms with Crippen molar-refractivity contribution in [3.63, 3.8) is 0 Å². The molecule has 0 radical (unpaired) electrons. The van der Waals surface area contributed by atoms with Crippen molar-refractivity contribution in [1.29, 1.82) is 0 Å². The maximum absolute atomic E-state index is 10.6. The Labute approximate surface area is 66.1 Å². The Kier molecular flexibility index (Phi) is 2.09. The molecule has 1 aromatic rings. The van der Waals surface area contributed by atoms with Crippen LogP contribution in [0.15, 0.2) is 24.3 Å². The van der Waals surface area contributed by atoms with E-state index in [1.54, 1.807) is 0 Å². The van der Waals surface area contributed by atoms with Crippen molar-refractivity contribution in [3.8, 4) is 5.75 Å². The summed E-state index contributed by atoms with van der Waals surface area (Å²) < 4.78 is 27.9. The molecule has 4 nitrogen and oxygen atoms in total. The van der Waals surface area contributed by atoms with Gasteiger partial charge in [-0.05, 0) is 0 Å². The number of aromatic hydroxyl groups is 1. The minimum absolute atomic E-state index is 0.00213. The van der Waals surface area contributed by atoms with Gasteiger partial charge in [0.2, 0.25) is 0 Å². The van der Waals surface area contributed by atoms with Crippen molar-refractivity contribution in [2.75, 3.05) is 0 Å². The van der Waals surface area contributed by atoms with Gasteiger partial charge in [-0.3, -0.25) is 0 Å². The molecule has 0 atom stereocenters. The van der Waals surface area contributed by atoms with Crippen LogP contribution in [0.2, 0.25) is 0 Å². The van der Waals surface area contributed by atoms with Crippen LogP contribution in [0.3, 0.4) is 0 Å². The molecule has 1 aromatic carbocycles. The average molecular weight is 218 g/mol. The van der Waals surface area contributed by atoms with Crippen LogP contribution in [0, 0.1) is 0 Å². The molecule has 0 saturated carbocycles. The van der Waals surface area contributed by atoms with E-state index in [9.17, 15) is 3.74 Å². The number of hydrogen-bond donors (Lipinski definition) is 3. The molecule has 0 aliphatic heterocycles. The van der Waals surface area contributed by atoms with Crippen molar-refractivity contribution in [1.82, 2.24) is 0 Å². The van der Waals surface area contributed by atoms with Gasteiger partial charge in [0.1, 0.15) is 0 Å². The van der Waals surface area contributed by atoms with E-state index >= 15 is 0 Å². The van der Waals surface area contributed by atoms with Crippen molar-refractivity contribution in [2.24, 2.45) is 0 Å². The summed E-state index contributed by atoms with van der Waals surface area (Å²) in [6.45, 7) is 0. The predicted octanol–water partition coefficient (Wildman–Crippen LogP) is -1.05. The SMILES string of the molecule is O=[As](O)(O)c1ccc(O)cc1. The molecule has 0 saturated heterocycles. The van der Waals surface area contributed by atoms with Gasteiger partial charge in [0, 0.05) is 0 Å². The van der Waals surface area contributed by atoms with Crippen LogP contribution in [-0.4, -0.2) is 27.5 Å². The topological polar surface area (TPSA) is 77.8 Å². The zero-order valence-corrected chi connectivity index (χ0v) is 7.38. The summed E-state index contributed by atoms with van der Waals surface area (Å²) in [4.78, 5) is 0. The second kappa shape index (κ2) is 2.74. The molecule has 0 aliphatic rings. The maximum atomic E-state index is 10.6. The van der Waals surface area contributed by atoms with Gasteiger partial charge >= 0.3 is 65.6 Å². The van der Waals surface area contributed by atoms with Crippen molar-refractivity contribution in [2.45, 2.75) is 0 Å². The number of rotatable bonds is 1. The molecule has 3 N–H and O–H groups in total. The second-order valence-corrected chi connectivity index (χ2v) is 5.43. The molecule has 0 unspecified atom stereocenters. The van der Waals surface area contributed by atoms with Gasteiger partial charge in [0.05, 0.1) is 0 Å². The van der Waals surface area contributed by atoms with Gasteiger partial charge in [0.15, 0.2) is 0 Å². The van der Waals surface area contributed by atoms with E-state index in [2.05, 4.69) is 0 Å². The summed E-state index contributed by atoms with van der Waals surface area (Å²) in [6, 6.07) is 4.93. The van der Waals surface area contributed by atoms with E-state index in [-0.39, 0.29) is 10.1 Å². The first-order valence-corrected chi connectivity index (χ1v) is 6.23. The second-order valence-electron chi connectivity index (χ2n) is 2.06. The Morgan fingerprint density at radius 3 is 1.91 bits per heavy atom. The molecule has 0 spiro atoms. The van der Waals surface area contributed by atoms with E-state index in [0.717, 1.165) is 0 Å². The third-order valence-corrected chi connectivity index (χ3v) is 3.22. The molecule has 0 aliphatic carbocycles. The third-order valence-electron chi connectivity index (χ3n) is 1.19. The summed E-state index contributed by atoms with van der Waals surface area (Å²) in [7, 11) is 0. The van der Waals surface area contributed by atoms with E-state index in [4.69, 9.17) is 13.3 Å². The zero-order valence-electron chi connectivity index (χ0n) is 5.51. The van der Waals surface area contributed by atoms with E-state index in [1.807, 2.05) is 0 Å². The minimum atomic E-state index is -4.74. The van der Waals surface area contributed by atoms with Crippen LogP contribution in [0.4, 0.5) is 0 Å². The standard InChI is InChI=1S/C6H7AsO4/c8-6-3-1-5(2-4-6)7(9,10)11/h1-4,8H,(H2,9,10,11). The Morgan fingerprint density at radius 1 is 1.09 bits per heavy atom. The van der Waals surface area contributed by atoms with Gasteiger partial charge in [-0.25, -0.2) is 0 Å². The normalized spacial score (nSPS) is 11.5. The summed E-state index contributed by atoms with van der Waals surface area (Å²) in [5, 5.41) is 8.78. The van der Waals surface area contributed by atoms with Gasteiger partial charge in [0.25, 0.3) is 0 Å². The summed E-state index contributed by atoms with van der Waals surface area (Å²) in [6.07, 6.45) is 0. The Hall–Kier alpha value is -0.702. The molecule has 5 heteroatoms. The van der Waals surface area contributed by atoms with Crippen LogP contribution in [-0.2, 0) is 3.74 Å². The van der Waals surface area contributed by atoms with E-state index in [1.165, 1.54) is 24.3 Å². The van der Waals surface area contributed by atoms with E-state index < -0.39 is 14.2 Å². The fourth-order valence-electron chi connectivity index (χ4n) is 0.647. The Morgan fingerprint density at radius 2 is 1.55 bits per heavy atom. The summed E-state index contributed by atoms with van der Waals surface area (Å²) in [5.74, 6) is -0.00213. The molecule has 0 amide bonds. The van der Waals surface area contributed by atoms with E-state index in [0.29, 0.717) is 0 Å². The van der Waals surface area contributed by atoms with Crippen LogP contribution in [0.5, 0.6) is 5.75 Å². The van der Waals surface area contributed by atoms with Crippen molar-refractivity contribution < 1.29 is 17.0 Å². The average Bonchev–Trinajstić information content (AvgIpc) is 1.86. The van der Waals surface area contributed by atoms with Gasteiger partial charge in [-0.15, -0.1) is 0 Å². The third kappa shape index (κ3) is 2.12. The Bertz CT molecular complexity index is 286. The molecular formula is C6H7AsO4. The molecule has 11 heavy (non-hydrogen) atoms. The monoisotopic (exact) mass is 218 g/mol. The van der Waals surface area contributed by atoms with Crippen LogP contribution < -0.4 is 4.35 Å². The fraction of sp³-hybridized carbons (Fsp3) is 0. The molecule has 0 heterocycles. The zero-order chi connectivity index (χ0) is 8.48.